The molecule has 3 aromatic rings. The number of nitrogens with zero attached hydrogens (tertiary/aromatic N) is 2. The molecule has 0 unspecified atom stereocenters. The molecule has 0 radical (unpaired) electrons. The van der Waals surface area contributed by atoms with Crippen LogP contribution in [0, 0.1) is 6.92 Å². The summed E-state index contributed by atoms with van der Waals surface area (Å²) in [6.45, 7) is 4.66. The van der Waals surface area contributed by atoms with Gasteiger partial charge in [-0.3, -0.25) is 14.2 Å². The van der Waals surface area contributed by atoms with Crippen molar-refractivity contribution in [1.29, 1.82) is 0 Å². The molecule has 2 aromatic heterocycles. The van der Waals surface area contributed by atoms with E-state index in [4.69, 9.17) is 4.98 Å². The zero-order valence-electron chi connectivity index (χ0n) is 16.4. The summed E-state index contributed by atoms with van der Waals surface area (Å²) in [7, 11) is 0. The van der Waals surface area contributed by atoms with Gasteiger partial charge in [0.1, 0.15) is 4.83 Å². The quantitative estimate of drug-likeness (QED) is 0.382. The van der Waals surface area contributed by atoms with Crippen LogP contribution in [-0.2, 0) is 24.2 Å². The first-order valence-corrected chi connectivity index (χ1v) is 12.3. The standard InChI is InChI=1S/C21H22BrN3O2S2/c1-3-9-25-20(27)18-13-5-4-6-16(13)29-19(18)24-21(25)28-11-17(26)23-15-8-7-12(2)10-14(15)22/h7-8,10H,3-6,9,11H2,1-2H3,(H,23,26). The molecule has 0 spiro atoms. The molecule has 29 heavy (non-hydrogen) atoms. The number of amides is 1. The zero-order valence-corrected chi connectivity index (χ0v) is 19.6. The molecule has 2 heterocycles. The van der Waals surface area contributed by atoms with Gasteiger partial charge in [-0.1, -0.05) is 24.8 Å². The van der Waals surface area contributed by atoms with Gasteiger partial charge in [0.05, 0.1) is 16.8 Å². The van der Waals surface area contributed by atoms with Crippen LogP contribution in [0.5, 0.6) is 0 Å². The number of aryl methyl sites for hydroxylation is 3. The maximum atomic E-state index is 13.2. The number of anilines is 1. The van der Waals surface area contributed by atoms with Crippen molar-refractivity contribution in [3.8, 4) is 0 Å². The third kappa shape index (κ3) is 4.15. The van der Waals surface area contributed by atoms with Crippen LogP contribution in [-0.4, -0.2) is 21.2 Å². The predicted molar refractivity (Wildman–Crippen MR) is 124 cm³/mol. The number of thioether (sulfide) groups is 1. The minimum absolute atomic E-state index is 0.0421. The van der Waals surface area contributed by atoms with Crippen LogP contribution < -0.4 is 10.9 Å². The van der Waals surface area contributed by atoms with Gasteiger partial charge in [0.15, 0.2) is 5.16 Å². The number of fused-ring (bicyclic) bond motifs is 3. The molecular weight excluding hydrogens is 470 g/mol. The lowest BCUT2D eigenvalue weighted by Gasteiger charge is -2.12. The Hall–Kier alpha value is -1.64. The Bertz CT molecular complexity index is 1150. The van der Waals surface area contributed by atoms with E-state index in [1.54, 1.807) is 15.9 Å². The van der Waals surface area contributed by atoms with Gasteiger partial charge in [-0.05, 0) is 71.8 Å². The largest absolute Gasteiger partial charge is 0.324 e. The minimum Gasteiger partial charge on any atom is -0.324 e. The number of carbonyl (C=O) groups is 1. The second-order valence-electron chi connectivity index (χ2n) is 7.21. The average Bonchev–Trinajstić information content (AvgIpc) is 3.25. The molecular formula is C21H22BrN3O2S2. The third-order valence-electron chi connectivity index (χ3n) is 4.97. The van der Waals surface area contributed by atoms with Gasteiger partial charge in [-0.25, -0.2) is 4.98 Å². The fourth-order valence-electron chi connectivity index (χ4n) is 3.63. The Labute approximate surface area is 186 Å². The van der Waals surface area contributed by atoms with E-state index in [0.717, 1.165) is 51.6 Å². The van der Waals surface area contributed by atoms with Gasteiger partial charge < -0.3 is 5.32 Å². The Morgan fingerprint density at radius 2 is 2.21 bits per heavy atom. The monoisotopic (exact) mass is 491 g/mol. The highest BCUT2D eigenvalue weighted by Gasteiger charge is 2.23. The minimum atomic E-state index is -0.120. The average molecular weight is 492 g/mol. The molecule has 0 saturated carbocycles. The summed E-state index contributed by atoms with van der Waals surface area (Å²) in [5, 5.41) is 4.35. The van der Waals surface area contributed by atoms with Crippen LogP contribution in [0.25, 0.3) is 10.2 Å². The number of aromatic nitrogens is 2. The maximum Gasteiger partial charge on any atom is 0.263 e. The van der Waals surface area contributed by atoms with Crippen molar-refractivity contribution in [2.24, 2.45) is 0 Å². The molecule has 0 fully saturated rings. The SMILES string of the molecule is CCCn1c(SCC(=O)Nc2ccc(C)cc2Br)nc2sc3c(c2c1=O)CCC3. The van der Waals surface area contributed by atoms with Crippen molar-refractivity contribution in [2.45, 2.75) is 51.2 Å². The smallest absolute Gasteiger partial charge is 0.263 e. The number of hydrogen-bond donors (Lipinski definition) is 1. The number of thiophene rings is 1. The van der Waals surface area contributed by atoms with Crippen LogP contribution >= 0.6 is 39.0 Å². The van der Waals surface area contributed by atoms with Crippen LogP contribution in [0.4, 0.5) is 5.69 Å². The number of hydrogen-bond acceptors (Lipinski definition) is 5. The molecule has 0 saturated heterocycles. The summed E-state index contributed by atoms with van der Waals surface area (Å²) >= 11 is 6.45. The van der Waals surface area contributed by atoms with Gasteiger partial charge in [0, 0.05) is 15.9 Å². The van der Waals surface area contributed by atoms with Crippen LogP contribution in [0.3, 0.4) is 0 Å². The van der Waals surface area contributed by atoms with Crippen LogP contribution in [0.2, 0.25) is 0 Å². The highest BCUT2D eigenvalue weighted by Crippen LogP contribution is 2.35. The lowest BCUT2D eigenvalue weighted by atomic mass is 10.2. The van der Waals surface area contributed by atoms with Gasteiger partial charge >= 0.3 is 0 Å². The maximum absolute atomic E-state index is 13.2. The first-order valence-electron chi connectivity index (χ1n) is 9.71. The molecule has 1 aliphatic carbocycles. The lowest BCUT2D eigenvalue weighted by molar-refractivity contribution is -0.113. The normalized spacial score (nSPS) is 13.1. The Kier molecular flexibility index (Phi) is 6.13. The third-order valence-corrected chi connectivity index (χ3v) is 7.79. The fourth-order valence-corrected chi connectivity index (χ4v) is 6.35. The molecule has 0 atom stereocenters. The van der Waals surface area contributed by atoms with Crippen LogP contribution in [0.1, 0.15) is 35.8 Å². The topological polar surface area (TPSA) is 64.0 Å². The molecule has 1 aliphatic rings. The molecule has 5 nitrogen and oxygen atoms in total. The molecule has 0 aliphatic heterocycles. The second kappa shape index (κ2) is 8.62. The summed E-state index contributed by atoms with van der Waals surface area (Å²) in [4.78, 5) is 32.6. The number of benzene rings is 1. The van der Waals surface area contributed by atoms with Crippen molar-refractivity contribution in [3.05, 3.63) is 49.0 Å². The number of carbonyl (C=O) groups excluding carboxylic acids is 1. The summed E-state index contributed by atoms with van der Waals surface area (Å²) in [5.41, 5.74) is 3.10. The number of halogens is 1. The van der Waals surface area contributed by atoms with E-state index in [9.17, 15) is 9.59 Å². The van der Waals surface area contributed by atoms with E-state index >= 15 is 0 Å². The van der Waals surface area contributed by atoms with E-state index in [1.807, 2.05) is 32.0 Å². The summed E-state index contributed by atoms with van der Waals surface area (Å²) in [6, 6.07) is 5.80. The van der Waals surface area contributed by atoms with Crippen molar-refractivity contribution in [1.82, 2.24) is 9.55 Å². The van der Waals surface area contributed by atoms with E-state index in [2.05, 4.69) is 21.2 Å². The van der Waals surface area contributed by atoms with E-state index in [-0.39, 0.29) is 17.2 Å². The summed E-state index contributed by atoms with van der Waals surface area (Å²) < 4.78 is 2.60. The Morgan fingerprint density at radius 3 is 2.97 bits per heavy atom. The molecule has 0 bridgehead atoms. The zero-order chi connectivity index (χ0) is 20.5. The van der Waals surface area contributed by atoms with Crippen molar-refractivity contribution in [2.75, 3.05) is 11.1 Å². The van der Waals surface area contributed by atoms with Crippen molar-refractivity contribution < 1.29 is 4.79 Å². The van der Waals surface area contributed by atoms with Gasteiger partial charge in [-0.2, -0.15) is 0 Å². The predicted octanol–water partition coefficient (Wildman–Crippen LogP) is 5.16. The Balaban J connectivity index is 1.57. The first kappa shape index (κ1) is 20.6. The van der Waals surface area contributed by atoms with Crippen molar-refractivity contribution in [3.63, 3.8) is 0 Å². The van der Waals surface area contributed by atoms with Gasteiger partial charge in [0.2, 0.25) is 5.91 Å². The molecule has 1 amide bonds. The van der Waals surface area contributed by atoms with E-state index in [1.165, 1.54) is 22.2 Å². The van der Waals surface area contributed by atoms with Gasteiger partial charge in [0.25, 0.3) is 5.56 Å². The molecule has 152 valence electrons. The summed E-state index contributed by atoms with van der Waals surface area (Å²) in [5.74, 6) is 0.0817. The van der Waals surface area contributed by atoms with Crippen molar-refractivity contribution >= 4 is 60.8 Å². The van der Waals surface area contributed by atoms with Crippen LogP contribution in [0.15, 0.2) is 32.6 Å². The summed E-state index contributed by atoms with van der Waals surface area (Å²) in [6.07, 6.45) is 3.98. The lowest BCUT2D eigenvalue weighted by Crippen LogP contribution is -2.24. The highest BCUT2D eigenvalue weighted by molar-refractivity contribution is 9.10. The van der Waals surface area contributed by atoms with Gasteiger partial charge in [-0.15, -0.1) is 11.3 Å². The molecule has 8 heteroatoms. The Morgan fingerprint density at radius 1 is 1.38 bits per heavy atom. The van der Waals surface area contributed by atoms with E-state index in [0.29, 0.717) is 11.7 Å². The fraction of sp³-hybridized carbons (Fsp3) is 0.381. The number of nitrogens with one attached hydrogen (secondary N) is 1. The first-order chi connectivity index (χ1) is 14.0. The van der Waals surface area contributed by atoms with E-state index < -0.39 is 0 Å². The molecule has 4 rings (SSSR count). The number of rotatable bonds is 6. The molecule has 1 N–H and O–H groups in total. The second-order valence-corrected chi connectivity index (χ2v) is 10.1. The molecule has 1 aromatic carbocycles. The highest BCUT2D eigenvalue weighted by atomic mass is 79.9.